The first-order valence-corrected chi connectivity index (χ1v) is 7.35. The predicted octanol–water partition coefficient (Wildman–Crippen LogP) is 2.15. The van der Waals surface area contributed by atoms with E-state index >= 15 is 0 Å². The van der Waals surface area contributed by atoms with Crippen molar-refractivity contribution in [1.29, 1.82) is 0 Å². The molecule has 0 saturated carbocycles. The first-order chi connectivity index (χ1) is 9.74. The Labute approximate surface area is 120 Å². The highest BCUT2D eigenvalue weighted by Crippen LogP contribution is 2.14. The van der Waals surface area contributed by atoms with Gasteiger partial charge in [-0.3, -0.25) is 9.78 Å². The molecule has 0 spiro atoms. The second kappa shape index (κ2) is 7.24. The summed E-state index contributed by atoms with van der Waals surface area (Å²) in [5.41, 5.74) is 1.45. The van der Waals surface area contributed by atoms with Crippen molar-refractivity contribution in [2.45, 2.75) is 32.8 Å². The van der Waals surface area contributed by atoms with Crippen LogP contribution in [0.2, 0.25) is 0 Å². The van der Waals surface area contributed by atoms with Crippen molar-refractivity contribution in [1.82, 2.24) is 9.88 Å². The van der Waals surface area contributed by atoms with Gasteiger partial charge < -0.3 is 15.0 Å². The minimum atomic E-state index is -0.00750. The van der Waals surface area contributed by atoms with Crippen LogP contribution < -0.4 is 5.32 Å². The van der Waals surface area contributed by atoms with E-state index in [-0.39, 0.29) is 12.0 Å². The Morgan fingerprint density at radius 3 is 3.15 bits per heavy atom. The summed E-state index contributed by atoms with van der Waals surface area (Å²) in [6.07, 6.45) is 3.81. The Morgan fingerprint density at radius 1 is 1.55 bits per heavy atom. The van der Waals surface area contributed by atoms with Crippen LogP contribution in [0.3, 0.4) is 0 Å². The molecule has 1 unspecified atom stereocenters. The molecule has 110 valence electrons. The minimum Gasteiger partial charge on any atom is -0.385 e. The number of nitrogens with one attached hydrogen (secondary N) is 1. The van der Waals surface area contributed by atoms with Gasteiger partial charge in [0.15, 0.2) is 0 Å². The van der Waals surface area contributed by atoms with E-state index < -0.39 is 0 Å². The van der Waals surface area contributed by atoms with Gasteiger partial charge in [-0.2, -0.15) is 0 Å². The van der Waals surface area contributed by atoms with E-state index in [1.54, 1.807) is 6.20 Å². The van der Waals surface area contributed by atoms with Gasteiger partial charge in [0.2, 0.25) is 0 Å². The van der Waals surface area contributed by atoms with E-state index in [9.17, 15) is 4.79 Å². The number of nitrogens with zero attached hydrogens (tertiary/aromatic N) is 2. The largest absolute Gasteiger partial charge is 0.385 e. The van der Waals surface area contributed by atoms with Gasteiger partial charge in [0.05, 0.1) is 12.7 Å². The molecule has 1 aromatic rings. The van der Waals surface area contributed by atoms with Gasteiger partial charge in [-0.1, -0.05) is 13.8 Å². The standard InChI is InChI=1S/C15H23N3O2/c1-3-6-16-12-5-7-17-14(10-12)15(19)18-8-9-20-13(4-2)11-18/h5,7,10,13H,3-4,6,8-9,11H2,1-2H3,(H,16,17). The highest BCUT2D eigenvalue weighted by atomic mass is 16.5. The third kappa shape index (κ3) is 3.70. The lowest BCUT2D eigenvalue weighted by molar-refractivity contribution is -0.0228. The average molecular weight is 277 g/mol. The van der Waals surface area contributed by atoms with Crippen LogP contribution >= 0.6 is 0 Å². The zero-order chi connectivity index (χ0) is 14.4. The summed E-state index contributed by atoms with van der Waals surface area (Å²) in [5, 5.41) is 3.28. The molecule has 0 radical (unpaired) electrons. The molecule has 2 rings (SSSR count). The van der Waals surface area contributed by atoms with Crippen molar-refractivity contribution < 1.29 is 9.53 Å². The lowest BCUT2D eigenvalue weighted by Gasteiger charge is -2.32. The molecule has 1 N–H and O–H groups in total. The molecule has 20 heavy (non-hydrogen) atoms. The summed E-state index contributed by atoms with van der Waals surface area (Å²) in [6, 6.07) is 3.72. The van der Waals surface area contributed by atoms with E-state index in [0.29, 0.717) is 25.4 Å². The number of anilines is 1. The van der Waals surface area contributed by atoms with Crippen molar-refractivity contribution in [2.24, 2.45) is 0 Å². The van der Waals surface area contributed by atoms with Crippen LogP contribution in [-0.4, -0.2) is 48.1 Å². The van der Waals surface area contributed by atoms with Gasteiger partial charge in [-0.15, -0.1) is 0 Å². The van der Waals surface area contributed by atoms with Gasteiger partial charge in [-0.05, 0) is 25.0 Å². The normalized spacial score (nSPS) is 18.9. The molecular weight excluding hydrogens is 254 g/mol. The number of carbonyl (C=O) groups is 1. The molecule has 1 amide bonds. The van der Waals surface area contributed by atoms with Crippen molar-refractivity contribution in [3.05, 3.63) is 24.0 Å². The summed E-state index contributed by atoms with van der Waals surface area (Å²) in [5.74, 6) is -0.00750. The van der Waals surface area contributed by atoms with Gasteiger partial charge >= 0.3 is 0 Å². The highest BCUT2D eigenvalue weighted by molar-refractivity contribution is 5.93. The molecule has 1 aliphatic heterocycles. The molecule has 5 heteroatoms. The maximum absolute atomic E-state index is 12.5. The summed E-state index contributed by atoms with van der Waals surface area (Å²) in [6.45, 7) is 6.99. The molecule has 0 bridgehead atoms. The van der Waals surface area contributed by atoms with Crippen LogP contribution in [0.5, 0.6) is 0 Å². The Morgan fingerprint density at radius 2 is 2.40 bits per heavy atom. The number of hydrogen-bond donors (Lipinski definition) is 1. The topological polar surface area (TPSA) is 54.5 Å². The number of ether oxygens (including phenoxy) is 1. The highest BCUT2D eigenvalue weighted by Gasteiger charge is 2.24. The molecule has 0 aliphatic carbocycles. The van der Waals surface area contributed by atoms with E-state index in [4.69, 9.17) is 4.74 Å². The smallest absolute Gasteiger partial charge is 0.272 e. The lowest BCUT2D eigenvalue weighted by Crippen LogP contribution is -2.45. The van der Waals surface area contributed by atoms with Crippen LogP contribution in [0.1, 0.15) is 37.2 Å². The summed E-state index contributed by atoms with van der Waals surface area (Å²) >= 11 is 0. The molecule has 1 aromatic heterocycles. The number of morpholine rings is 1. The fraction of sp³-hybridized carbons (Fsp3) is 0.600. The molecule has 1 atom stereocenters. The van der Waals surface area contributed by atoms with E-state index in [1.165, 1.54) is 0 Å². The van der Waals surface area contributed by atoms with E-state index in [2.05, 4.69) is 24.1 Å². The lowest BCUT2D eigenvalue weighted by atomic mass is 10.2. The third-order valence-electron chi connectivity index (χ3n) is 3.44. The van der Waals surface area contributed by atoms with Crippen LogP contribution in [-0.2, 0) is 4.74 Å². The number of amides is 1. The zero-order valence-electron chi connectivity index (χ0n) is 12.3. The zero-order valence-corrected chi connectivity index (χ0v) is 12.3. The molecule has 1 saturated heterocycles. The summed E-state index contributed by atoms with van der Waals surface area (Å²) < 4.78 is 5.59. The van der Waals surface area contributed by atoms with E-state index in [1.807, 2.05) is 17.0 Å². The number of aromatic nitrogens is 1. The number of rotatable bonds is 5. The Hall–Kier alpha value is -1.62. The number of hydrogen-bond acceptors (Lipinski definition) is 4. The summed E-state index contributed by atoms with van der Waals surface area (Å²) in [7, 11) is 0. The van der Waals surface area contributed by atoms with Crippen LogP contribution in [0.15, 0.2) is 18.3 Å². The van der Waals surface area contributed by atoms with Gasteiger partial charge in [0.1, 0.15) is 5.69 Å². The molecule has 0 aromatic carbocycles. The Kier molecular flexibility index (Phi) is 5.35. The van der Waals surface area contributed by atoms with Crippen molar-refractivity contribution >= 4 is 11.6 Å². The maximum atomic E-state index is 12.5. The van der Waals surface area contributed by atoms with Gasteiger partial charge in [0, 0.05) is 31.5 Å². The Bertz CT molecular complexity index is 450. The van der Waals surface area contributed by atoms with E-state index in [0.717, 1.165) is 25.1 Å². The number of pyridine rings is 1. The monoisotopic (exact) mass is 277 g/mol. The molecule has 2 heterocycles. The molecular formula is C15H23N3O2. The minimum absolute atomic E-state index is 0.00750. The first-order valence-electron chi connectivity index (χ1n) is 7.35. The Balaban J connectivity index is 2.04. The number of carbonyl (C=O) groups excluding carboxylic acids is 1. The van der Waals surface area contributed by atoms with Crippen LogP contribution in [0.25, 0.3) is 0 Å². The van der Waals surface area contributed by atoms with Crippen molar-refractivity contribution in [2.75, 3.05) is 31.6 Å². The van der Waals surface area contributed by atoms with Crippen LogP contribution in [0.4, 0.5) is 5.69 Å². The molecule has 5 nitrogen and oxygen atoms in total. The fourth-order valence-corrected chi connectivity index (χ4v) is 2.24. The van der Waals surface area contributed by atoms with Crippen LogP contribution in [0, 0.1) is 0 Å². The fourth-order valence-electron chi connectivity index (χ4n) is 2.24. The van der Waals surface area contributed by atoms with Crippen molar-refractivity contribution in [3.8, 4) is 0 Å². The SMILES string of the molecule is CCCNc1ccnc(C(=O)N2CCOC(CC)C2)c1. The quantitative estimate of drug-likeness (QED) is 0.896. The predicted molar refractivity (Wildman–Crippen MR) is 79.0 cm³/mol. The summed E-state index contributed by atoms with van der Waals surface area (Å²) in [4.78, 5) is 18.5. The van der Waals surface area contributed by atoms with Crippen molar-refractivity contribution in [3.63, 3.8) is 0 Å². The molecule has 1 aliphatic rings. The average Bonchev–Trinajstić information content (AvgIpc) is 2.52. The molecule has 1 fully saturated rings. The van der Waals surface area contributed by atoms with Gasteiger partial charge in [-0.25, -0.2) is 0 Å². The van der Waals surface area contributed by atoms with Gasteiger partial charge in [0.25, 0.3) is 5.91 Å². The maximum Gasteiger partial charge on any atom is 0.272 e. The second-order valence-electron chi connectivity index (χ2n) is 5.01. The third-order valence-corrected chi connectivity index (χ3v) is 3.44. The first kappa shape index (κ1) is 14.8. The second-order valence-corrected chi connectivity index (χ2v) is 5.01.